The molecule has 0 aromatic carbocycles. The van der Waals surface area contributed by atoms with Crippen LogP contribution in [-0.4, -0.2) is 23.1 Å². The maximum atomic E-state index is 12.4. The van der Waals surface area contributed by atoms with Gasteiger partial charge in [-0.1, -0.05) is 43.1 Å². The average molecular weight is 307 g/mol. The molecule has 0 aliphatic carbocycles. The highest BCUT2D eigenvalue weighted by atomic mass is 35.5. The van der Waals surface area contributed by atoms with Crippen molar-refractivity contribution < 1.29 is 22.7 Å². The fraction of sp³-hybridized carbons (Fsp3) is 0.727. The SMILES string of the molecule is CCOC(=O)CC(C)(C)C=CC(Cl)(Cl)C(F)(F)F. The minimum Gasteiger partial charge on any atom is -0.466 e. The third-order valence-corrected chi connectivity index (χ3v) is 2.71. The van der Waals surface area contributed by atoms with Crippen molar-refractivity contribution in [1.29, 1.82) is 0 Å². The van der Waals surface area contributed by atoms with Crippen molar-refractivity contribution in [3.63, 3.8) is 0 Å². The van der Waals surface area contributed by atoms with E-state index in [-0.39, 0.29) is 13.0 Å². The Morgan fingerprint density at radius 3 is 2.11 bits per heavy atom. The van der Waals surface area contributed by atoms with E-state index in [2.05, 4.69) is 0 Å². The van der Waals surface area contributed by atoms with Gasteiger partial charge in [0, 0.05) is 0 Å². The van der Waals surface area contributed by atoms with Gasteiger partial charge in [-0.05, 0) is 18.4 Å². The van der Waals surface area contributed by atoms with Crippen LogP contribution in [0.3, 0.4) is 0 Å². The Labute approximate surface area is 114 Å². The molecule has 0 unspecified atom stereocenters. The summed E-state index contributed by atoms with van der Waals surface area (Å²) >= 11 is 10.3. The molecule has 0 bridgehead atoms. The largest absolute Gasteiger partial charge is 0.466 e. The number of carbonyl (C=O) groups excluding carboxylic acids is 1. The van der Waals surface area contributed by atoms with Crippen LogP contribution < -0.4 is 0 Å². The number of esters is 1. The summed E-state index contributed by atoms with van der Waals surface area (Å²) in [7, 11) is 0. The van der Waals surface area contributed by atoms with Gasteiger partial charge in [-0.25, -0.2) is 0 Å². The summed E-state index contributed by atoms with van der Waals surface area (Å²) in [4.78, 5) is 11.2. The van der Waals surface area contributed by atoms with Gasteiger partial charge < -0.3 is 4.74 Å². The molecule has 0 atom stereocenters. The van der Waals surface area contributed by atoms with E-state index in [4.69, 9.17) is 27.9 Å². The van der Waals surface area contributed by atoms with Crippen LogP contribution in [0.2, 0.25) is 0 Å². The second-order valence-corrected chi connectivity index (χ2v) is 5.81. The third-order valence-electron chi connectivity index (χ3n) is 2.03. The number of carbonyl (C=O) groups is 1. The van der Waals surface area contributed by atoms with Crippen LogP contribution in [0.5, 0.6) is 0 Å². The predicted octanol–water partition coefficient (Wildman–Crippen LogP) is 4.26. The van der Waals surface area contributed by atoms with Crippen LogP contribution in [0.15, 0.2) is 12.2 Å². The third kappa shape index (κ3) is 5.96. The van der Waals surface area contributed by atoms with Gasteiger partial charge in [0.15, 0.2) is 0 Å². The average Bonchev–Trinajstić information content (AvgIpc) is 2.13. The van der Waals surface area contributed by atoms with Gasteiger partial charge >= 0.3 is 12.1 Å². The molecule has 0 amide bonds. The van der Waals surface area contributed by atoms with E-state index in [0.29, 0.717) is 6.08 Å². The van der Waals surface area contributed by atoms with Crippen molar-refractivity contribution >= 4 is 29.2 Å². The monoisotopic (exact) mass is 306 g/mol. The molecule has 0 N–H and O–H groups in total. The van der Waals surface area contributed by atoms with E-state index in [9.17, 15) is 18.0 Å². The maximum absolute atomic E-state index is 12.4. The fourth-order valence-corrected chi connectivity index (χ4v) is 1.19. The molecule has 0 heterocycles. The standard InChI is InChI=1S/C11H15Cl2F3O2/c1-4-18-8(17)7-9(2,3)5-6-10(12,13)11(14,15)16/h5-6H,4,7H2,1-3H3. The first kappa shape index (κ1) is 17.6. The highest BCUT2D eigenvalue weighted by Crippen LogP contribution is 2.42. The van der Waals surface area contributed by atoms with Gasteiger partial charge in [0.05, 0.1) is 13.0 Å². The molecule has 0 rings (SSSR count). The molecule has 0 saturated carbocycles. The van der Waals surface area contributed by atoms with Crippen LogP contribution in [0, 0.1) is 5.41 Å². The van der Waals surface area contributed by atoms with Crippen LogP contribution in [0.1, 0.15) is 27.2 Å². The van der Waals surface area contributed by atoms with Crippen molar-refractivity contribution in [2.45, 2.75) is 37.7 Å². The zero-order valence-corrected chi connectivity index (χ0v) is 11.8. The fourth-order valence-electron chi connectivity index (χ4n) is 1.07. The van der Waals surface area contributed by atoms with E-state index in [1.807, 2.05) is 0 Å². The molecule has 18 heavy (non-hydrogen) atoms. The molecule has 2 nitrogen and oxygen atoms in total. The first-order chi connectivity index (χ1) is 7.91. The second-order valence-electron chi connectivity index (χ2n) is 4.42. The van der Waals surface area contributed by atoms with E-state index in [0.717, 1.165) is 6.08 Å². The van der Waals surface area contributed by atoms with Gasteiger partial charge in [0.25, 0.3) is 0 Å². The van der Waals surface area contributed by atoms with Gasteiger partial charge in [0.1, 0.15) is 0 Å². The van der Waals surface area contributed by atoms with Crippen LogP contribution in [-0.2, 0) is 9.53 Å². The summed E-state index contributed by atoms with van der Waals surface area (Å²) < 4.78 is 38.9. The van der Waals surface area contributed by atoms with Crippen molar-refractivity contribution in [1.82, 2.24) is 0 Å². The molecule has 0 aliphatic rings. The van der Waals surface area contributed by atoms with Gasteiger partial charge in [-0.2, -0.15) is 13.2 Å². The highest BCUT2D eigenvalue weighted by Gasteiger charge is 2.50. The van der Waals surface area contributed by atoms with Gasteiger partial charge in [-0.15, -0.1) is 0 Å². The maximum Gasteiger partial charge on any atom is 0.425 e. The summed E-state index contributed by atoms with van der Waals surface area (Å²) in [6, 6.07) is 0. The smallest absolute Gasteiger partial charge is 0.425 e. The zero-order valence-electron chi connectivity index (χ0n) is 10.3. The lowest BCUT2D eigenvalue weighted by Gasteiger charge is -2.23. The topological polar surface area (TPSA) is 26.3 Å². The summed E-state index contributed by atoms with van der Waals surface area (Å²) in [6.07, 6.45) is -3.03. The summed E-state index contributed by atoms with van der Waals surface area (Å²) in [5.74, 6) is -0.492. The summed E-state index contributed by atoms with van der Waals surface area (Å²) in [5, 5.41) is 0. The molecule has 0 aliphatic heterocycles. The highest BCUT2D eigenvalue weighted by molar-refractivity contribution is 6.50. The molecule has 0 spiro atoms. The van der Waals surface area contributed by atoms with Crippen molar-refractivity contribution in [2.24, 2.45) is 5.41 Å². The van der Waals surface area contributed by atoms with Gasteiger partial charge in [0.2, 0.25) is 4.33 Å². The molecule has 0 saturated heterocycles. The van der Waals surface area contributed by atoms with E-state index in [1.165, 1.54) is 0 Å². The molecule has 106 valence electrons. The molecule has 0 fully saturated rings. The Bertz CT molecular complexity index is 323. The molecule has 0 radical (unpaired) electrons. The number of hydrogen-bond acceptors (Lipinski definition) is 2. The minimum atomic E-state index is -4.77. The van der Waals surface area contributed by atoms with Crippen LogP contribution in [0.25, 0.3) is 0 Å². The van der Waals surface area contributed by atoms with Crippen molar-refractivity contribution in [2.75, 3.05) is 6.61 Å². The first-order valence-electron chi connectivity index (χ1n) is 5.22. The minimum absolute atomic E-state index is 0.0565. The van der Waals surface area contributed by atoms with Gasteiger partial charge in [-0.3, -0.25) is 4.79 Å². The lowest BCUT2D eigenvalue weighted by Crippen LogP contribution is -2.32. The van der Waals surface area contributed by atoms with E-state index in [1.54, 1.807) is 20.8 Å². The quantitative estimate of drug-likeness (QED) is 0.431. The molecule has 7 heteroatoms. The molecular formula is C11H15Cl2F3O2. The number of rotatable bonds is 5. The Morgan fingerprint density at radius 1 is 1.22 bits per heavy atom. The zero-order chi connectivity index (χ0) is 14.6. The Kier molecular flexibility index (Phi) is 6.01. The van der Waals surface area contributed by atoms with Crippen LogP contribution >= 0.6 is 23.2 Å². The lowest BCUT2D eigenvalue weighted by molar-refractivity contribution is -0.144. The number of allylic oxidation sites excluding steroid dienone is 2. The van der Waals surface area contributed by atoms with E-state index < -0.39 is 21.9 Å². The number of alkyl halides is 5. The Hall–Kier alpha value is -0.420. The molecule has 0 aromatic rings. The Morgan fingerprint density at radius 2 is 1.72 bits per heavy atom. The number of ether oxygens (including phenoxy) is 1. The molecule has 0 aromatic heterocycles. The van der Waals surface area contributed by atoms with Crippen molar-refractivity contribution in [3.05, 3.63) is 12.2 Å². The summed E-state index contributed by atoms with van der Waals surface area (Å²) in [5.41, 5.74) is -0.827. The summed E-state index contributed by atoms with van der Waals surface area (Å²) in [6.45, 7) is 5.03. The Balaban J connectivity index is 4.72. The first-order valence-corrected chi connectivity index (χ1v) is 5.97. The lowest BCUT2D eigenvalue weighted by atomic mass is 9.88. The van der Waals surface area contributed by atoms with Crippen LogP contribution in [0.4, 0.5) is 13.2 Å². The van der Waals surface area contributed by atoms with E-state index >= 15 is 0 Å². The predicted molar refractivity (Wildman–Crippen MR) is 64.7 cm³/mol. The second kappa shape index (κ2) is 6.15. The van der Waals surface area contributed by atoms with Crippen molar-refractivity contribution in [3.8, 4) is 0 Å². The number of hydrogen-bond donors (Lipinski definition) is 0. The number of halogens is 5. The normalized spacial score (nSPS) is 14.0. The molecular weight excluding hydrogens is 292 g/mol.